The Bertz CT molecular complexity index is 355. The summed E-state index contributed by atoms with van der Waals surface area (Å²) in [6.45, 7) is 6.03. The first-order valence-electron chi connectivity index (χ1n) is 4.95. The van der Waals surface area contributed by atoms with E-state index in [1.54, 1.807) is 17.6 Å². The summed E-state index contributed by atoms with van der Waals surface area (Å²) >= 11 is 1.61. The number of thiophene rings is 1. The van der Waals surface area contributed by atoms with E-state index in [2.05, 4.69) is 10.5 Å². The Labute approximate surface area is 94.2 Å². The Hall–Kier alpha value is -1.16. The van der Waals surface area contributed by atoms with Crippen molar-refractivity contribution in [3.8, 4) is 0 Å². The highest BCUT2D eigenvalue weighted by atomic mass is 32.1. The van der Waals surface area contributed by atoms with Gasteiger partial charge in [-0.1, -0.05) is 13.8 Å². The first kappa shape index (κ1) is 11.9. The van der Waals surface area contributed by atoms with E-state index in [0.717, 1.165) is 4.88 Å². The van der Waals surface area contributed by atoms with Crippen molar-refractivity contribution in [2.75, 3.05) is 0 Å². The van der Waals surface area contributed by atoms with Gasteiger partial charge in [0.1, 0.15) is 0 Å². The van der Waals surface area contributed by atoms with E-state index in [1.165, 1.54) is 5.56 Å². The van der Waals surface area contributed by atoms with E-state index < -0.39 is 0 Å². The van der Waals surface area contributed by atoms with Crippen molar-refractivity contribution in [3.63, 3.8) is 0 Å². The normalized spacial score (nSPS) is 11.2. The highest BCUT2D eigenvalue weighted by Crippen LogP contribution is 2.12. The molecule has 0 saturated heterocycles. The second kappa shape index (κ2) is 5.66. The number of hydrogen-bond acceptors (Lipinski definition) is 3. The van der Waals surface area contributed by atoms with Crippen LogP contribution in [-0.4, -0.2) is 12.1 Å². The first-order valence-corrected chi connectivity index (χ1v) is 5.83. The fourth-order valence-corrected chi connectivity index (χ4v) is 1.88. The number of amides is 1. The molecule has 1 N–H and O–H groups in total. The average molecular weight is 224 g/mol. The minimum Gasteiger partial charge on any atom is -0.273 e. The van der Waals surface area contributed by atoms with Gasteiger partial charge in [0.15, 0.2) is 0 Å². The molecule has 1 heterocycles. The Morgan fingerprint density at radius 1 is 1.67 bits per heavy atom. The predicted molar refractivity (Wildman–Crippen MR) is 64.2 cm³/mol. The van der Waals surface area contributed by atoms with Gasteiger partial charge in [-0.2, -0.15) is 5.10 Å². The zero-order valence-electron chi connectivity index (χ0n) is 9.28. The summed E-state index contributed by atoms with van der Waals surface area (Å²) in [4.78, 5) is 12.3. The number of nitrogens with zero attached hydrogens (tertiary/aromatic N) is 1. The number of rotatable bonds is 4. The maximum absolute atomic E-state index is 11.2. The van der Waals surface area contributed by atoms with Gasteiger partial charge in [-0.3, -0.25) is 4.79 Å². The molecule has 0 radical (unpaired) electrons. The van der Waals surface area contributed by atoms with Gasteiger partial charge in [0.25, 0.3) is 0 Å². The summed E-state index contributed by atoms with van der Waals surface area (Å²) in [6.07, 6.45) is 2.21. The van der Waals surface area contributed by atoms with Gasteiger partial charge >= 0.3 is 0 Å². The molecule has 0 fully saturated rings. The molecule has 0 aliphatic rings. The van der Waals surface area contributed by atoms with Gasteiger partial charge < -0.3 is 0 Å². The summed E-state index contributed by atoms with van der Waals surface area (Å²) in [5.74, 6) is 0.333. The van der Waals surface area contributed by atoms with E-state index in [9.17, 15) is 4.79 Å². The molecule has 0 aromatic carbocycles. The molecule has 0 saturated carbocycles. The van der Waals surface area contributed by atoms with E-state index in [4.69, 9.17) is 0 Å². The molecule has 1 rings (SSSR count). The molecule has 0 unspecified atom stereocenters. The Morgan fingerprint density at radius 3 is 2.93 bits per heavy atom. The summed E-state index contributed by atoms with van der Waals surface area (Å²) in [5, 5.41) is 5.92. The number of hydrazone groups is 1. The van der Waals surface area contributed by atoms with Crippen molar-refractivity contribution in [2.24, 2.45) is 11.0 Å². The quantitative estimate of drug-likeness (QED) is 0.619. The van der Waals surface area contributed by atoms with Gasteiger partial charge in [-0.05, 0) is 29.9 Å². The highest BCUT2D eigenvalue weighted by Gasteiger charge is 2.02. The molecule has 1 amide bonds. The maximum atomic E-state index is 11.2. The molecule has 0 aliphatic carbocycles. The van der Waals surface area contributed by atoms with E-state index in [1.807, 2.05) is 32.2 Å². The maximum Gasteiger partial charge on any atom is 0.240 e. The third-order valence-corrected chi connectivity index (χ3v) is 2.82. The molecule has 0 spiro atoms. The summed E-state index contributed by atoms with van der Waals surface area (Å²) in [6, 6.07) is 2.03. The average Bonchev–Trinajstić information content (AvgIpc) is 2.50. The van der Waals surface area contributed by atoms with Gasteiger partial charge in [-0.15, -0.1) is 11.3 Å². The number of aryl methyl sites for hydroxylation is 1. The van der Waals surface area contributed by atoms with Crippen molar-refractivity contribution < 1.29 is 4.79 Å². The van der Waals surface area contributed by atoms with Crippen LogP contribution in [0, 0.1) is 12.8 Å². The lowest BCUT2D eigenvalue weighted by molar-refractivity contribution is -0.121. The van der Waals surface area contributed by atoms with Crippen LogP contribution in [0.3, 0.4) is 0 Å². The second-order valence-electron chi connectivity index (χ2n) is 3.86. The van der Waals surface area contributed by atoms with Crippen LogP contribution in [0.5, 0.6) is 0 Å². The molecule has 82 valence electrons. The number of carbonyl (C=O) groups is 1. The number of carbonyl (C=O) groups excluding carboxylic acids is 1. The van der Waals surface area contributed by atoms with Crippen molar-refractivity contribution in [2.45, 2.75) is 27.2 Å². The largest absolute Gasteiger partial charge is 0.273 e. The van der Waals surface area contributed by atoms with Crippen molar-refractivity contribution >= 4 is 23.5 Å². The Morgan fingerprint density at radius 2 is 2.40 bits per heavy atom. The van der Waals surface area contributed by atoms with Crippen LogP contribution in [0.1, 0.15) is 30.7 Å². The third-order valence-electron chi connectivity index (χ3n) is 1.87. The standard InChI is InChI=1S/C11H16N2OS/c1-8(2)6-11(14)13-12-7-10-9(3)4-5-15-10/h4-5,7-8H,6H2,1-3H3,(H,13,14). The Balaban J connectivity index is 2.40. The van der Waals surface area contributed by atoms with Crippen LogP contribution in [0.4, 0.5) is 0 Å². The molecule has 0 bridgehead atoms. The zero-order valence-corrected chi connectivity index (χ0v) is 10.1. The summed E-state index contributed by atoms with van der Waals surface area (Å²) in [7, 11) is 0. The van der Waals surface area contributed by atoms with Gasteiger partial charge in [0.2, 0.25) is 5.91 Å². The van der Waals surface area contributed by atoms with Crippen LogP contribution in [0.15, 0.2) is 16.5 Å². The monoisotopic (exact) mass is 224 g/mol. The summed E-state index contributed by atoms with van der Waals surface area (Å²) < 4.78 is 0. The highest BCUT2D eigenvalue weighted by molar-refractivity contribution is 7.11. The fraction of sp³-hybridized carbons (Fsp3) is 0.455. The molecule has 1 aromatic heterocycles. The first-order chi connectivity index (χ1) is 7.09. The SMILES string of the molecule is Cc1ccsc1C=NNC(=O)CC(C)C. The van der Waals surface area contributed by atoms with Crippen LogP contribution >= 0.6 is 11.3 Å². The lowest BCUT2D eigenvalue weighted by Gasteiger charge is -2.01. The molecular formula is C11H16N2OS. The van der Waals surface area contributed by atoms with Crippen LogP contribution in [0.25, 0.3) is 0 Å². The number of nitrogens with one attached hydrogen (secondary N) is 1. The van der Waals surface area contributed by atoms with Gasteiger partial charge in [-0.25, -0.2) is 5.43 Å². The smallest absolute Gasteiger partial charge is 0.240 e. The lowest BCUT2D eigenvalue weighted by Crippen LogP contribution is -2.18. The van der Waals surface area contributed by atoms with E-state index in [0.29, 0.717) is 12.3 Å². The Kier molecular flexibility index (Phi) is 4.49. The van der Waals surface area contributed by atoms with Gasteiger partial charge in [0, 0.05) is 11.3 Å². The minimum absolute atomic E-state index is 0.0320. The van der Waals surface area contributed by atoms with E-state index >= 15 is 0 Å². The van der Waals surface area contributed by atoms with E-state index in [-0.39, 0.29) is 5.91 Å². The molecule has 0 atom stereocenters. The van der Waals surface area contributed by atoms with Crippen molar-refractivity contribution in [1.29, 1.82) is 0 Å². The lowest BCUT2D eigenvalue weighted by atomic mass is 10.1. The molecule has 4 heteroatoms. The van der Waals surface area contributed by atoms with Crippen LogP contribution in [0.2, 0.25) is 0 Å². The van der Waals surface area contributed by atoms with Gasteiger partial charge in [0.05, 0.1) is 6.21 Å². The van der Waals surface area contributed by atoms with Crippen LogP contribution in [-0.2, 0) is 4.79 Å². The predicted octanol–water partition coefficient (Wildman–Crippen LogP) is 2.55. The van der Waals surface area contributed by atoms with Crippen LogP contribution < -0.4 is 5.43 Å². The zero-order chi connectivity index (χ0) is 11.3. The number of hydrogen-bond donors (Lipinski definition) is 1. The van der Waals surface area contributed by atoms with Crippen molar-refractivity contribution in [3.05, 3.63) is 21.9 Å². The molecule has 0 aliphatic heterocycles. The third kappa shape index (κ3) is 4.25. The molecule has 15 heavy (non-hydrogen) atoms. The molecular weight excluding hydrogens is 208 g/mol. The van der Waals surface area contributed by atoms with Crippen molar-refractivity contribution in [1.82, 2.24) is 5.43 Å². The second-order valence-corrected chi connectivity index (χ2v) is 4.81. The molecule has 1 aromatic rings. The topological polar surface area (TPSA) is 41.5 Å². The minimum atomic E-state index is -0.0320. The molecule has 3 nitrogen and oxygen atoms in total. The fourth-order valence-electron chi connectivity index (χ4n) is 1.10. The summed E-state index contributed by atoms with van der Waals surface area (Å²) in [5.41, 5.74) is 3.70.